The van der Waals surface area contributed by atoms with Crippen LogP contribution < -0.4 is 10.5 Å². The van der Waals surface area contributed by atoms with Crippen LogP contribution in [-0.2, 0) is 0 Å². The van der Waals surface area contributed by atoms with Crippen molar-refractivity contribution in [1.82, 2.24) is 4.98 Å². The van der Waals surface area contributed by atoms with Crippen LogP contribution in [0.3, 0.4) is 0 Å². The quantitative estimate of drug-likeness (QED) is 0.531. The second kappa shape index (κ2) is 6.27. The van der Waals surface area contributed by atoms with Crippen molar-refractivity contribution in [2.45, 2.75) is 6.92 Å². The second-order valence-electron chi connectivity index (χ2n) is 6.20. The number of carbonyl (C=O) groups excluding carboxylic acids is 1. The molecule has 0 fully saturated rings. The first-order valence-electron chi connectivity index (χ1n) is 8.04. The molecule has 130 valence electrons. The summed E-state index contributed by atoms with van der Waals surface area (Å²) >= 11 is 7.36. The average molecular weight is 383 g/mol. The third-order valence-corrected chi connectivity index (χ3v) is 5.75. The summed E-state index contributed by atoms with van der Waals surface area (Å²) in [5, 5.41) is 2.06. The number of carbonyl (C=O) groups is 1. The van der Waals surface area contributed by atoms with Gasteiger partial charge in [0.2, 0.25) is 0 Å². The van der Waals surface area contributed by atoms with Crippen LogP contribution >= 0.6 is 22.9 Å². The third kappa shape index (κ3) is 2.79. The van der Waals surface area contributed by atoms with Crippen LogP contribution in [0.25, 0.3) is 21.0 Å². The van der Waals surface area contributed by atoms with Crippen LogP contribution in [0.15, 0.2) is 53.3 Å². The number of aromatic amines is 1. The van der Waals surface area contributed by atoms with Gasteiger partial charge in [0.1, 0.15) is 0 Å². The van der Waals surface area contributed by atoms with E-state index < -0.39 is 0 Å². The van der Waals surface area contributed by atoms with E-state index in [1.165, 1.54) is 16.2 Å². The van der Waals surface area contributed by atoms with Crippen LogP contribution in [0.1, 0.15) is 15.2 Å². The van der Waals surface area contributed by atoms with Crippen LogP contribution in [0.5, 0.6) is 0 Å². The van der Waals surface area contributed by atoms with E-state index in [1.807, 2.05) is 31.2 Å². The monoisotopic (exact) mass is 382 g/mol. The molecule has 0 aliphatic carbocycles. The maximum absolute atomic E-state index is 12.9. The maximum atomic E-state index is 12.9. The number of hydrogen-bond donors (Lipinski definition) is 1. The number of amides is 1. The van der Waals surface area contributed by atoms with Gasteiger partial charge in [0.05, 0.1) is 10.3 Å². The summed E-state index contributed by atoms with van der Waals surface area (Å²) in [6, 6.07) is 14.7. The molecule has 0 atom stereocenters. The molecule has 0 bridgehead atoms. The highest BCUT2D eigenvalue weighted by molar-refractivity contribution is 7.21. The Morgan fingerprint density at radius 1 is 1.12 bits per heavy atom. The molecule has 0 saturated heterocycles. The Kier molecular flexibility index (Phi) is 4.05. The number of nitrogens with one attached hydrogen (secondary N) is 1. The number of H-pyrrole nitrogens is 1. The molecular weight excluding hydrogens is 368 g/mol. The molecule has 0 unspecified atom stereocenters. The summed E-state index contributed by atoms with van der Waals surface area (Å²) in [5.74, 6) is -0.173. The van der Waals surface area contributed by atoms with Gasteiger partial charge in [-0.05, 0) is 43.3 Å². The number of anilines is 1. The lowest BCUT2D eigenvalue weighted by atomic mass is 10.1. The fourth-order valence-electron chi connectivity index (χ4n) is 2.98. The molecule has 4 aromatic rings. The van der Waals surface area contributed by atoms with E-state index in [0.29, 0.717) is 21.0 Å². The van der Waals surface area contributed by atoms with Gasteiger partial charge in [-0.3, -0.25) is 9.59 Å². The van der Waals surface area contributed by atoms with Gasteiger partial charge < -0.3 is 9.88 Å². The van der Waals surface area contributed by atoms with E-state index >= 15 is 0 Å². The molecule has 4 nitrogen and oxygen atoms in total. The predicted octanol–water partition coefficient (Wildman–Crippen LogP) is 4.98. The molecule has 0 saturated carbocycles. The van der Waals surface area contributed by atoms with Crippen LogP contribution in [0.4, 0.5) is 5.69 Å². The van der Waals surface area contributed by atoms with Gasteiger partial charge in [0, 0.05) is 33.4 Å². The van der Waals surface area contributed by atoms with Gasteiger partial charge >= 0.3 is 0 Å². The van der Waals surface area contributed by atoms with Crippen molar-refractivity contribution in [3.05, 3.63) is 74.3 Å². The van der Waals surface area contributed by atoms with Gasteiger partial charge in [-0.15, -0.1) is 11.3 Å². The molecule has 26 heavy (non-hydrogen) atoms. The van der Waals surface area contributed by atoms with E-state index in [2.05, 4.69) is 4.98 Å². The van der Waals surface area contributed by atoms with Crippen molar-refractivity contribution in [2.24, 2.45) is 0 Å². The molecule has 2 heterocycles. The highest BCUT2D eigenvalue weighted by Gasteiger charge is 2.19. The Labute approximate surface area is 158 Å². The fraction of sp³-hybridized carbons (Fsp3) is 0.100. The fourth-order valence-corrected chi connectivity index (χ4v) is 4.32. The molecule has 2 aromatic heterocycles. The minimum Gasteiger partial charge on any atom is -0.321 e. The average Bonchev–Trinajstić information content (AvgIpc) is 3.07. The molecular formula is C20H15ClN2O2S. The zero-order chi connectivity index (χ0) is 18.4. The van der Waals surface area contributed by atoms with E-state index in [4.69, 9.17) is 11.6 Å². The summed E-state index contributed by atoms with van der Waals surface area (Å²) in [7, 11) is 1.70. The third-order valence-electron chi connectivity index (χ3n) is 4.36. The Bertz CT molecular complexity index is 1230. The number of rotatable bonds is 2. The molecule has 4 rings (SSSR count). The molecule has 0 aliphatic heterocycles. The van der Waals surface area contributed by atoms with Crippen molar-refractivity contribution in [2.75, 3.05) is 11.9 Å². The minimum atomic E-state index is -0.183. The van der Waals surface area contributed by atoms with Gasteiger partial charge in [-0.2, -0.15) is 0 Å². The molecule has 0 radical (unpaired) electrons. The minimum absolute atomic E-state index is 0.173. The highest BCUT2D eigenvalue weighted by Crippen LogP contribution is 2.31. The van der Waals surface area contributed by atoms with Crippen LogP contribution in [-0.4, -0.2) is 17.9 Å². The van der Waals surface area contributed by atoms with E-state index in [1.54, 1.807) is 31.3 Å². The van der Waals surface area contributed by atoms with E-state index in [0.717, 1.165) is 21.2 Å². The topological polar surface area (TPSA) is 53.2 Å². The number of benzene rings is 2. The van der Waals surface area contributed by atoms with Crippen molar-refractivity contribution in [3.8, 4) is 0 Å². The lowest BCUT2D eigenvalue weighted by Crippen LogP contribution is -2.25. The van der Waals surface area contributed by atoms with Crippen molar-refractivity contribution in [3.63, 3.8) is 0 Å². The summed E-state index contributed by atoms with van der Waals surface area (Å²) in [5.41, 5.74) is 2.40. The largest absolute Gasteiger partial charge is 0.321 e. The summed E-state index contributed by atoms with van der Waals surface area (Å²) in [6.45, 7) is 2.00. The Hall–Kier alpha value is -2.63. The molecule has 2 aromatic carbocycles. The number of thiophene rings is 1. The Balaban J connectivity index is 1.86. The molecule has 1 amide bonds. The summed E-state index contributed by atoms with van der Waals surface area (Å²) in [4.78, 5) is 30.3. The molecule has 0 aliphatic rings. The van der Waals surface area contributed by atoms with Crippen LogP contribution in [0, 0.1) is 6.92 Å². The Morgan fingerprint density at radius 3 is 2.69 bits per heavy atom. The van der Waals surface area contributed by atoms with E-state index in [-0.39, 0.29) is 11.5 Å². The SMILES string of the molecule is Cc1ccc2[nH]c(=O)c3cc(C(=O)N(C)c4cccc(Cl)c4)sc3c2c1. The number of aryl methyl sites for hydroxylation is 1. The first-order chi connectivity index (χ1) is 12.4. The predicted molar refractivity (Wildman–Crippen MR) is 109 cm³/mol. The number of hydrogen-bond acceptors (Lipinski definition) is 3. The highest BCUT2D eigenvalue weighted by atomic mass is 35.5. The first kappa shape index (κ1) is 16.8. The smallest absolute Gasteiger partial charge is 0.268 e. The van der Waals surface area contributed by atoms with Gasteiger partial charge in [-0.1, -0.05) is 29.3 Å². The number of nitrogens with zero attached hydrogens (tertiary/aromatic N) is 1. The summed E-state index contributed by atoms with van der Waals surface area (Å²) < 4.78 is 0.829. The number of halogens is 1. The molecule has 0 spiro atoms. The lowest BCUT2D eigenvalue weighted by Gasteiger charge is -2.16. The van der Waals surface area contributed by atoms with Crippen molar-refractivity contribution < 1.29 is 4.79 Å². The van der Waals surface area contributed by atoms with Gasteiger partial charge in [-0.25, -0.2) is 0 Å². The molecule has 6 heteroatoms. The number of pyridine rings is 1. The van der Waals surface area contributed by atoms with Crippen LogP contribution in [0.2, 0.25) is 5.02 Å². The van der Waals surface area contributed by atoms with E-state index in [9.17, 15) is 9.59 Å². The standard InChI is InChI=1S/C20H15ClN2O2S/c1-11-6-7-16-14(8-11)18-15(19(24)22-16)10-17(26-18)20(25)23(2)13-5-3-4-12(21)9-13/h3-10H,1-2H3,(H,22,24). The first-order valence-corrected chi connectivity index (χ1v) is 9.23. The zero-order valence-corrected chi connectivity index (χ0v) is 15.7. The summed E-state index contributed by atoms with van der Waals surface area (Å²) in [6.07, 6.45) is 0. The second-order valence-corrected chi connectivity index (χ2v) is 7.69. The van der Waals surface area contributed by atoms with Crippen molar-refractivity contribution >= 4 is 55.5 Å². The zero-order valence-electron chi connectivity index (χ0n) is 14.2. The van der Waals surface area contributed by atoms with Gasteiger partial charge in [0.25, 0.3) is 11.5 Å². The van der Waals surface area contributed by atoms with Gasteiger partial charge in [0.15, 0.2) is 0 Å². The maximum Gasteiger partial charge on any atom is 0.268 e. The lowest BCUT2D eigenvalue weighted by molar-refractivity contribution is 0.0997. The Morgan fingerprint density at radius 2 is 1.92 bits per heavy atom. The number of aromatic nitrogens is 1. The molecule has 1 N–H and O–H groups in total. The number of fused-ring (bicyclic) bond motifs is 3. The van der Waals surface area contributed by atoms with Crippen molar-refractivity contribution in [1.29, 1.82) is 0 Å². The normalized spacial score (nSPS) is 11.2.